The molecular formula is C13H15ClN2S. The first kappa shape index (κ1) is 11.3. The van der Waals surface area contributed by atoms with Gasteiger partial charge in [0.2, 0.25) is 0 Å². The minimum absolute atomic E-state index is 0.545. The minimum Gasteiger partial charge on any atom is -0.331 e. The number of hydrogen-bond donors (Lipinski definition) is 1. The average molecular weight is 267 g/mol. The third-order valence-corrected chi connectivity index (χ3v) is 4.15. The molecule has 0 amide bonds. The van der Waals surface area contributed by atoms with Crippen LogP contribution in [0.5, 0.6) is 0 Å². The highest BCUT2D eigenvalue weighted by Gasteiger charge is 2.18. The van der Waals surface area contributed by atoms with E-state index in [0.29, 0.717) is 6.04 Å². The fourth-order valence-electron chi connectivity index (χ4n) is 2.80. The lowest BCUT2D eigenvalue weighted by Crippen LogP contribution is -2.12. The van der Waals surface area contributed by atoms with Crippen molar-refractivity contribution in [3.63, 3.8) is 0 Å². The topological polar surface area (TPSA) is 20.7 Å². The van der Waals surface area contributed by atoms with Crippen molar-refractivity contribution in [1.82, 2.24) is 9.55 Å². The SMILES string of the molecule is S=c1[nH]c2ccc(Cl)cc2n1C1CCCCC1. The van der Waals surface area contributed by atoms with Crippen LogP contribution in [0.2, 0.25) is 5.02 Å². The van der Waals surface area contributed by atoms with Gasteiger partial charge in [0.15, 0.2) is 4.77 Å². The Bertz CT molecular complexity index is 593. The van der Waals surface area contributed by atoms with Gasteiger partial charge in [0.25, 0.3) is 0 Å². The van der Waals surface area contributed by atoms with Crippen LogP contribution in [-0.4, -0.2) is 9.55 Å². The first-order valence-corrected chi connectivity index (χ1v) is 6.94. The van der Waals surface area contributed by atoms with E-state index in [0.717, 1.165) is 20.8 Å². The van der Waals surface area contributed by atoms with Gasteiger partial charge in [-0.15, -0.1) is 0 Å². The molecule has 0 radical (unpaired) electrons. The van der Waals surface area contributed by atoms with Gasteiger partial charge in [-0.1, -0.05) is 30.9 Å². The Balaban J connectivity index is 2.16. The smallest absolute Gasteiger partial charge is 0.178 e. The summed E-state index contributed by atoms with van der Waals surface area (Å²) in [6, 6.07) is 6.47. The lowest BCUT2D eigenvalue weighted by Gasteiger charge is -2.23. The number of nitrogens with one attached hydrogen (secondary N) is 1. The molecule has 4 heteroatoms. The molecule has 1 fully saturated rings. The normalized spacial score (nSPS) is 17.7. The summed E-state index contributed by atoms with van der Waals surface area (Å²) in [5.41, 5.74) is 2.24. The van der Waals surface area contributed by atoms with E-state index in [1.807, 2.05) is 18.2 Å². The van der Waals surface area contributed by atoms with Crippen molar-refractivity contribution in [2.45, 2.75) is 38.1 Å². The molecule has 0 atom stereocenters. The molecule has 3 rings (SSSR count). The van der Waals surface area contributed by atoms with Crippen molar-refractivity contribution < 1.29 is 0 Å². The molecule has 2 aromatic rings. The Kier molecular flexibility index (Phi) is 2.97. The summed E-state index contributed by atoms with van der Waals surface area (Å²) in [7, 11) is 0. The lowest BCUT2D eigenvalue weighted by molar-refractivity contribution is 0.357. The Hall–Kier alpha value is -0.800. The molecule has 2 nitrogen and oxygen atoms in total. The molecule has 1 saturated carbocycles. The van der Waals surface area contributed by atoms with Gasteiger partial charge in [0, 0.05) is 11.1 Å². The van der Waals surface area contributed by atoms with Crippen LogP contribution in [0.4, 0.5) is 0 Å². The molecule has 0 spiro atoms. The zero-order chi connectivity index (χ0) is 11.8. The van der Waals surface area contributed by atoms with Gasteiger partial charge < -0.3 is 9.55 Å². The molecule has 1 N–H and O–H groups in total. The summed E-state index contributed by atoms with van der Waals surface area (Å²) in [5.74, 6) is 0. The van der Waals surface area contributed by atoms with Gasteiger partial charge in [-0.05, 0) is 43.3 Å². The first-order valence-electron chi connectivity index (χ1n) is 6.15. The molecule has 1 heterocycles. The van der Waals surface area contributed by atoms with Gasteiger partial charge in [-0.2, -0.15) is 0 Å². The first-order chi connectivity index (χ1) is 8.25. The molecule has 1 aliphatic rings. The molecule has 17 heavy (non-hydrogen) atoms. The fourth-order valence-corrected chi connectivity index (χ4v) is 3.32. The highest BCUT2D eigenvalue weighted by Crippen LogP contribution is 2.32. The number of rotatable bonds is 1. The van der Waals surface area contributed by atoms with E-state index < -0.39 is 0 Å². The second-order valence-corrected chi connectivity index (χ2v) is 5.58. The van der Waals surface area contributed by atoms with Crippen LogP contribution in [0.25, 0.3) is 11.0 Å². The van der Waals surface area contributed by atoms with Crippen LogP contribution < -0.4 is 0 Å². The number of nitrogens with zero attached hydrogens (tertiary/aromatic N) is 1. The predicted octanol–water partition coefficient (Wildman–Crippen LogP) is 4.86. The number of imidazole rings is 1. The quantitative estimate of drug-likeness (QED) is 0.731. The second kappa shape index (κ2) is 4.46. The van der Waals surface area contributed by atoms with E-state index in [2.05, 4.69) is 9.55 Å². The van der Waals surface area contributed by atoms with E-state index in [1.165, 1.54) is 32.1 Å². The van der Waals surface area contributed by atoms with Gasteiger partial charge in [0.1, 0.15) is 0 Å². The Morgan fingerprint density at radius 3 is 2.76 bits per heavy atom. The standard InChI is InChI=1S/C13H15ClN2S/c14-9-6-7-11-12(8-9)16(13(17)15-11)10-4-2-1-3-5-10/h6-8,10H,1-5H2,(H,15,17). The third kappa shape index (κ3) is 2.02. The van der Waals surface area contributed by atoms with E-state index >= 15 is 0 Å². The molecule has 0 saturated heterocycles. The summed E-state index contributed by atoms with van der Waals surface area (Å²) in [6.45, 7) is 0. The highest BCUT2D eigenvalue weighted by molar-refractivity contribution is 7.71. The zero-order valence-electron chi connectivity index (χ0n) is 9.58. The van der Waals surface area contributed by atoms with Crippen molar-refractivity contribution in [3.05, 3.63) is 28.0 Å². The van der Waals surface area contributed by atoms with E-state index in [9.17, 15) is 0 Å². The molecule has 1 aromatic carbocycles. The van der Waals surface area contributed by atoms with Crippen molar-refractivity contribution in [3.8, 4) is 0 Å². The Morgan fingerprint density at radius 1 is 1.24 bits per heavy atom. The summed E-state index contributed by atoms with van der Waals surface area (Å²) in [6.07, 6.45) is 6.42. The summed E-state index contributed by atoms with van der Waals surface area (Å²) in [5, 5.41) is 0.774. The predicted molar refractivity (Wildman–Crippen MR) is 74.3 cm³/mol. The average Bonchev–Trinajstić information content (AvgIpc) is 2.65. The van der Waals surface area contributed by atoms with Crippen molar-refractivity contribution in [2.24, 2.45) is 0 Å². The van der Waals surface area contributed by atoms with Crippen LogP contribution in [0, 0.1) is 4.77 Å². The van der Waals surface area contributed by atoms with Gasteiger partial charge in [-0.25, -0.2) is 0 Å². The summed E-state index contributed by atoms with van der Waals surface area (Å²) in [4.78, 5) is 3.27. The molecule has 0 aliphatic heterocycles. The van der Waals surface area contributed by atoms with Crippen LogP contribution in [-0.2, 0) is 0 Å². The monoisotopic (exact) mass is 266 g/mol. The van der Waals surface area contributed by atoms with Crippen molar-refractivity contribution >= 4 is 34.9 Å². The summed E-state index contributed by atoms with van der Waals surface area (Å²) >= 11 is 11.5. The van der Waals surface area contributed by atoms with E-state index in [4.69, 9.17) is 23.8 Å². The third-order valence-electron chi connectivity index (χ3n) is 3.62. The van der Waals surface area contributed by atoms with Crippen molar-refractivity contribution in [1.29, 1.82) is 0 Å². The number of halogens is 1. The zero-order valence-corrected chi connectivity index (χ0v) is 11.2. The number of H-pyrrole nitrogens is 1. The number of aromatic amines is 1. The largest absolute Gasteiger partial charge is 0.331 e. The maximum atomic E-state index is 6.08. The van der Waals surface area contributed by atoms with E-state index in [1.54, 1.807) is 0 Å². The molecule has 0 unspecified atom stereocenters. The fraction of sp³-hybridized carbons (Fsp3) is 0.462. The van der Waals surface area contributed by atoms with Crippen LogP contribution in [0.15, 0.2) is 18.2 Å². The number of fused-ring (bicyclic) bond motifs is 1. The maximum Gasteiger partial charge on any atom is 0.178 e. The van der Waals surface area contributed by atoms with Crippen LogP contribution >= 0.6 is 23.8 Å². The highest BCUT2D eigenvalue weighted by atomic mass is 35.5. The number of benzene rings is 1. The van der Waals surface area contributed by atoms with Gasteiger partial charge in [-0.3, -0.25) is 0 Å². The Labute approximate surface area is 111 Å². The molecule has 1 aliphatic carbocycles. The van der Waals surface area contributed by atoms with E-state index in [-0.39, 0.29) is 0 Å². The van der Waals surface area contributed by atoms with Gasteiger partial charge >= 0.3 is 0 Å². The summed E-state index contributed by atoms with van der Waals surface area (Å²) < 4.78 is 3.09. The second-order valence-electron chi connectivity index (χ2n) is 4.75. The van der Waals surface area contributed by atoms with Crippen LogP contribution in [0.3, 0.4) is 0 Å². The molecule has 0 bridgehead atoms. The number of hydrogen-bond acceptors (Lipinski definition) is 1. The molecule has 90 valence electrons. The number of aromatic nitrogens is 2. The Morgan fingerprint density at radius 2 is 2.00 bits per heavy atom. The van der Waals surface area contributed by atoms with Crippen molar-refractivity contribution in [2.75, 3.05) is 0 Å². The molecule has 1 aromatic heterocycles. The van der Waals surface area contributed by atoms with Gasteiger partial charge in [0.05, 0.1) is 11.0 Å². The lowest BCUT2D eigenvalue weighted by atomic mass is 9.95. The molecular weight excluding hydrogens is 252 g/mol. The van der Waals surface area contributed by atoms with Crippen LogP contribution in [0.1, 0.15) is 38.1 Å². The maximum absolute atomic E-state index is 6.08. The minimum atomic E-state index is 0.545.